The van der Waals surface area contributed by atoms with Crippen LogP contribution in [0.3, 0.4) is 0 Å². The Morgan fingerprint density at radius 2 is 2.08 bits per heavy atom. The standard InChI is InChI=1S/C21H29N3O/c1-21(2)18(17-11-14-25-19(17)21)23-20(22-3)24-12-9-16(10-13-24)15-7-5-4-6-8-15/h4-9,17-19H,10-14H2,1-3H3,(H,22,23). The normalized spacial score (nSPS) is 31.2. The topological polar surface area (TPSA) is 36.9 Å². The van der Waals surface area contributed by atoms with Crippen molar-refractivity contribution in [2.24, 2.45) is 16.3 Å². The summed E-state index contributed by atoms with van der Waals surface area (Å²) in [6.45, 7) is 7.46. The smallest absolute Gasteiger partial charge is 0.194 e. The molecule has 3 unspecified atom stereocenters. The van der Waals surface area contributed by atoms with Crippen molar-refractivity contribution in [1.82, 2.24) is 10.2 Å². The molecule has 1 saturated heterocycles. The molecular formula is C21H29N3O. The van der Waals surface area contributed by atoms with Crippen LogP contribution in [0.25, 0.3) is 5.57 Å². The predicted molar refractivity (Wildman–Crippen MR) is 103 cm³/mol. The average Bonchev–Trinajstić information content (AvgIpc) is 3.11. The van der Waals surface area contributed by atoms with E-state index in [1.54, 1.807) is 0 Å². The fraction of sp³-hybridized carbons (Fsp3) is 0.571. The first-order chi connectivity index (χ1) is 12.1. The molecule has 25 heavy (non-hydrogen) atoms. The molecule has 0 bridgehead atoms. The van der Waals surface area contributed by atoms with Gasteiger partial charge in [-0.15, -0.1) is 0 Å². The molecule has 4 nitrogen and oxygen atoms in total. The molecule has 0 aromatic heterocycles. The molecule has 3 aliphatic rings. The van der Waals surface area contributed by atoms with Crippen LogP contribution in [-0.4, -0.2) is 49.7 Å². The zero-order valence-corrected chi connectivity index (χ0v) is 15.5. The van der Waals surface area contributed by atoms with Gasteiger partial charge in [0.1, 0.15) is 0 Å². The Morgan fingerprint density at radius 1 is 1.28 bits per heavy atom. The second-order valence-electron chi connectivity index (χ2n) is 8.03. The molecule has 3 atom stereocenters. The Bertz CT molecular complexity index is 680. The summed E-state index contributed by atoms with van der Waals surface area (Å²) in [6.07, 6.45) is 4.99. The summed E-state index contributed by atoms with van der Waals surface area (Å²) in [7, 11) is 1.90. The number of aliphatic imine (C=N–C) groups is 1. The molecule has 4 rings (SSSR count). The number of fused-ring (bicyclic) bond motifs is 1. The van der Waals surface area contributed by atoms with Crippen LogP contribution in [0.15, 0.2) is 41.4 Å². The highest BCUT2D eigenvalue weighted by Gasteiger charge is 2.59. The van der Waals surface area contributed by atoms with Crippen molar-refractivity contribution in [2.45, 2.75) is 38.8 Å². The Morgan fingerprint density at radius 3 is 2.76 bits per heavy atom. The van der Waals surface area contributed by atoms with Gasteiger partial charge >= 0.3 is 0 Å². The number of hydrogen-bond donors (Lipinski definition) is 1. The van der Waals surface area contributed by atoms with Crippen LogP contribution in [-0.2, 0) is 4.74 Å². The van der Waals surface area contributed by atoms with Gasteiger partial charge in [0.2, 0.25) is 0 Å². The van der Waals surface area contributed by atoms with E-state index < -0.39 is 0 Å². The van der Waals surface area contributed by atoms with Gasteiger partial charge < -0.3 is 15.0 Å². The zero-order chi connectivity index (χ0) is 17.4. The molecule has 2 fully saturated rings. The molecule has 2 heterocycles. The van der Waals surface area contributed by atoms with Gasteiger partial charge in [-0.2, -0.15) is 0 Å². The van der Waals surface area contributed by atoms with E-state index in [1.807, 2.05) is 7.05 Å². The van der Waals surface area contributed by atoms with E-state index in [1.165, 1.54) is 17.6 Å². The van der Waals surface area contributed by atoms with Crippen molar-refractivity contribution < 1.29 is 4.74 Å². The molecule has 0 radical (unpaired) electrons. The largest absolute Gasteiger partial charge is 0.377 e. The van der Waals surface area contributed by atoms with Crippen LogP contribution < -0.4 is 5.32 Å². The van der Waals surface area contributed by atoms with Crippen molar-refractivity contribution in [3.05, 3.63) is 42.0 Å². The Labute approximate surface area is 151 Å². The van der Waals surface area contributed by atoms with Crippen molar-refractivity contribution in [2.75, 3.05) is 26.7 Å². The first-order valence-corrected chi connectivity index (χ1v) is 9.45. The number of nitrogens with one attached hydrogen (secondary N) is 1. The van der Waals surface area contributed by atoms with E-state index in [0.717, 1.165) is 32.1 Å². The van der Waals surface area contributed by atoms with Crippen LogP contribution in [0.1, 0.15) is 32.3 Å². The molecule has 134 valence electrons. The lowest BCUT2D eigenvalue weighted by atomic mass is 9.57. The third-order valence-corrected chi connectivity index (χ3v) is 6.25. The Kier molecular flexibility index (Phi) is 4.32. The molecule has 2 aliphatic heterocycles. The van der Waals surface area contributed by atoms with Crippen LogP contribution in [0.5, 0.6) is 0 Å². The molecule has 1 N–H and O–H groups in total. The van der Waals surface area contributed by atoms with E-state index in [2.05, 4.69) is 65.5 Å². The van der Waals surface area contributed by atoms with Crippen molar-refractivity contribution in [1.29, 1.82) is 0 Å². The molecule has 1 aromatic carbocycles. The maximum absolute atomic E-state index is 5.92. The van der Waals surface area contributed by atoms with E-state index in [9.17, 15) is 0 Å². The SMILES string of the molecule is CN=C(NC1C2CCOC2C1(C)C)N1CC=C(c2ccccc2)CC1. The van der Waals surface area contributed by atoms with Crippen LogP contribution in [0.4, 0.5) is 0 Å². The maximum Gasteiger partial charge on any atom is 0.194 e. The lowest BCUT2D eigenvalue weighted by Crippen LogP contribution is -2.68. The fourth-order valence-electron chi connectivity index (χ4n) is 4.83. The average molecular weight is 339 g/mol. The Balaban J connectivity index is 1.42. The van der Waals surface area contributed by atoms with Crippen LogP contribution in [0.2, 0.25) is 0 Å². The lowest BCUT2D eigenvalue weighted by molar-refractivity contribution is -0.107. The highest BCUT2D eigenvalue weighted by atomic mass is 16.5. The van der Waals surface area contributed by atoms with Gasteiger partial charge in [0.15, 0.2) is 5.96 Å². The van der Waals surface area contributed by atoms with Gasteiger partial charge in [-0.05, 0) is 24.0 Å². The number of hydrogen-bond acceptors (Lipinski definition) is 2. The maximum atomic E-state index is 5.92. The van der Waals surface area contributed by atoms with Crippen molar-refractivity contribution in [3.63, 3.8) is 0 Å². The monoisotopic (exact) mass is 339 g/mol. The number of guanidine groups is 1. The number of benzene rings is 1. The lowest BCUT2D eigenvalue weighted by Gasteiger charge is -2.55. The van der Waals surface area contributed by atoms with Crippen molar-refractivity contribution >= 4 is 11.5 Å². The van der Waals surface area contributed by atoms with Crippen LogP contribution in [0, 0.1) is 11.3 Å². The minimum absolute atomic E-state index is 0.179. The molecular weight excluding hydrogens is 310 g/mol. The third-order valence-electron chi connectivity index (χ3n) is 6.25. The summed E-state index contributed by atoms with van der Waals surface area (Å²) in [5.74, 6) is 1.67. The van der Waals surface area contributed by atoms with Crippen LogP contribution >= 0.6 is 0 Å². The molecule has 0 amide bonds. The van der Waals surface area contributed by atoms with E-state index in [4.69, 9.17) is 4.74 Å². The molecule has 1 aromatic rings. The van der Waals surface area contributed by atoms with Gasteiger partial charge in [0.25, 0.3) is 0 Å². The molecule has 4 heteroatoms. The highest BCUT2D eigenvalue weighted by Crippen LogP contribution is 2.52. The zero-order valence-electron chi connectivity index (χ0n) is 15.5. The van der Waals surface area contributed by atoms with E-state index in [0.29, 0.717) is 18.1 Å². The van der Waals surface area contributed by atoms with E-state index in [-0.39, 0.29) is 5.41 Å². The summed E-state index contributed by atoms with van der Waals surface area (Å²) in [4.78, 5) is 6.94. The van der Waals surface area contributed by atoms with Gasteiger partial charge in [0, 0.05) is 44.1 Å². The van der Waals surface area contributed by atoms with E-state index >= 15 is 0 Å². The molecule has 1 saturated carbocycles. The fourth-order valence-corrected chi connectivity index (χ4v) is 4.83. The second-order valence-corrected chi connectivity index (χ2v) is 8.03. The third kappa shape index (κ3) is 2.86. The summed E-state index contributed by atoms with van der Waals surface area (Å²) < 4.78 is 5.92. The van der Waals surface area contributed by atoms with Gasteiger partial charge in [-0.3, -0.25) is 4.99 Å². The summed E-state index contributed by atoms with van der Waals surface area (Å²) in [5.41, 5.74) is 2.97. The van der Waals surface area contributed by atoms with Gasteiger partial charge in [-0.25, -0.2) is 0 Å². The molecule has 1 aliphatic carbocycles. The number of rotatable bonds is 2. The Hall–Kier alpha value is -1.81. The predicted octanol–water partition coefficient (Wildman–Crippen LogP) is 3.16. The number of ether oxygens (including phenoxy) is 1. The minimum Gasteiger partial charge on any atom is -0.377 e. The summed E-state index contributed by atoms with van der Waals surface area (Å²) in [6, 6.07) is 11.2. The van der Waals surface area contributed by atoms with Gasteiger partial charge in [-0.1, -0.05) is 50.3 Å². The first-order valence-electron chi connectivity index (χ1n) is 9.45. The quantitative estimate of drug-likeness (QED) is 0.664. The highest BCUT2D eigenvalue weighted by molar-refractivity contribution is 5.82. The summed E-state index contributed by atoms with van der Waals surface area (Å²) in [5, 5.41) is 3.76. The minimum atomic E-state index is 0.179. The van der Waals surface area contributed by atoms with Crippen molar-refractivity contribution in [3.8, 4) is 0 Å². The number of nitrogens with zero attached hydrogens (tertiary/aromatic N) is 2. The first kappa shape index (κ1) is 16.6. The second kappa shape index (κ2) is 6.49. The summed E-state index contributed by atoms with van der Waals surface area (Å²) >= 11 is 0. The van der Waals surface area contributed by atoms with Gasteiger partial charge in [0.05, 0.1) is 6.10 Å². The molecule has 0 spiro atoms.